The van der Waals surface area contributed by atoms with Gasteiger partial charge in [-0.2, -0.15) is 23.2 Å². The van der Waals surface area contributed by atoms with Gasteiger partial charge in [0.15, 0.2) is 0 Å². The second-order valence-electron chi connectivity index (χ2n) is 7.59. The summed E-state index contributed by atoms with van der Waals surface area (Å²) < 4.78 is 72.1. The number of hydrogen-bond donors (Lipinski definition) is 1. The fraction of sp³-hybridized carbons (Fsp3) is 0.227. The summed E-state index contributed by atoms with van der Waals surface area (Å²) in [5.74, 6) is 0.446. The molecule has 1 atom stereocenters. The number of pyridine rings is 2. The molecule has 3 aromatic rings. The second-order valence-corrected chi connectivity index (χ2v) is 9.30. The number of nitrogens with one attached hydrogen (secondary N) is 1. The van der Waals surface area contributed by atoms with Gasteiger partial charge in [0, 0.05) is 17.3 Å². The molecule has 1 N–H and O–H groups in total. The summed E-state index contributed by atoms with van der Waals surface area (Å²) in [7, 11) is -3.01. The quantitative estimate of drug-likeness (QED) is 0.562. The molecule has 0 aromatic carbocycles. The van der Waals surface area contributed by atoms with Crippen molar-refractivity contribution >= 4 is 26.8 Å². The molecule has 8 nitrogen and oxygen atoms in total. The average molecular weight is 489 g/mol. The summed E-state index contributed by atoms with van der Waals surface area (Å²) in [6.07, 6.45) is 3.17. The molecule has 0 fully saturated rings. The highest BCUT2D eigenvalue weighted by molar-refractivity contribution is 7.89. The minimum Gasteiger partial charge on any atom is -0.495 e. The van der Waals surface area contributed by atoms with Crippen molar-refractivity contribution in [2.24, 2.45) is 0 Å². The van der Waals surface area contributed by atoms with Gasteiger partial charge in [-0.1, -0.05) is 6.08 Å². The van der Waals surface area contributed by atoms with Crippen LogP contribution in [0, 0.1) is 18.3 Å². The number of aromatic nitrogens is 3. The number of alkyl halides is 3. The number of aryl methyl sites for hydroxylation is 1. The van der Waals surface area contributed by atoms with E-state index in [9.17, 15) is 26.9 Å². The van der Waals surface area contributed by atoms with Gasteiger partial charge < -0.3 is 4.74 Å². The summed E-state index contributed by atoms with van der Waals surface area (Å²) in [5, 5.41) is 10.5. The normalized spacial score (nSPS) is 14.4. The van der Waals surface area contributed by atoms with Gasteiger partial charge in [-0.25, -0.2) is 13.4 Å². The molecule has 4 rings (SSSR count). The zero-order chi connectivity index (χ0) is 24.8. The standard InChI is InChI=1S/C22H18F3N5O3S/c1-12-7-16(34(31,32)29-13(2)22(23,24)25)11-27-19(12)20-18(9-26)17-8-15(33-3)10-28-21(17)30(20)14-5-4-6-14/h4-8,10-11,13,29H,1-3H3/t13-/m0/s1. The Labute approximate surface area is 193 Å². The highest BCUT2D eigenvalue weighted by Crippen LogP contribution is 2.38. The van der Waals surface area contributed by atoms with Gasteiger partial charge in [-0.05, 0) is 43.7 Å². The molecule has 0 saturated heterocycles. The lowest BCUT2D eigenvalue weighted by Gasteiger charge is -2.18. The van der Waals surface area contributed by atoms with E-state index in [1.165, 1.54) is 19.4 Å². The van der Waals surface area contributed by atoms with Crippen molar-refractivity contribution in [3.05, 3.63) is 53.9 Å². The summed E-state index contributed by atoms with van der Waals surface area (Å²) in [6.45, 7) is 2.28. The molecule has 0 saturated carbocycles. The summed E-state index contributed by atoms with van der Waals surface area (Å²) in [5.41, 5.74) is 2.47. The van der Waals surface area contributed by atoms with E-state index in [1.54, 1.807) is 22.3 Å². The van der Waals surface area contributed by atoms with Crippen LogP contribution in [0.3, 0.4) is 0 Å². The molecule has 1 aliphatic rings. The van der Waals surface area contributed by atoms with Crippen molar-refractivity contribution in [2.75, 3.05) is 7.11 Å². The zero-order valence-corrected chi connectivity index (χ0v) is 19.0. The average Bonchev–Trinajstić information content (AvgIpc) is 3.04. The Hall–Kier alpha value is -3.69. The number of sulfonamides is 1. The molecule has 0 bridgehead atoms. The molecule has 1 aliphatic carbocycles. The van der Waals surface area contributed by atoms with E-state index in [4.69, 9.17) is 4.74 Å². The number of nitrogens with zero attached hydrogens (tertiary/aromatic N) is 4. The van der Waals surface area contributed by atoms with Crippen LogP contribution in [-0.2, 0) is 10.0 Å². The molecule has 3 aromatic heterocycles. The monoisotopic (exact) mass is 489 g/mol. The van der Waals surface area contributed by atoms with Crippen LogP contribution in [0.4, 0.5) is 13.2 Å². The van der Waals surface area contributed by atoms with E-state index in [0.29, 0.717) is 35.0 Å². The number of halogens is 3. The van der Waals surface area contributed by atoms with E-state index in [2.05, 4.69) is 16.0 Å². The van der Waals surface area contributed by atoms with Crippen molar-refractivity contribution in [3.63, 3.8) is 0 Å². The number of hydrogen-bond acceptors (Lipinski definition) is 6. The predicted molar refractivity (Wildman–Crippen MR) is 118 cm³/mol. The minimum absolute atomic E-state index is 0.248. The van der Waals surface area contributed by atoms with Crippen LogP contribution in [-0.4, -0.2) is 42.3 Å². The Morgan fingerprint density at radius 3 is 2.47 bits per heavy atom. The lowest BCUT2D eigenvalue weighted by Crippen LogP contribution is -2.43. The molecule has 12 heteroatoms. The smallest absolute Gasteiger partial charge is 0.404 e. The number of ether oxygens (including phenoxy) is 1. The number of allylic oxidation sites excluding steroid dienone is 4. The molecular formula is C22H18F3N5O3S. The van der Waals surface area contributed by atoms with Gasteiger partial charge in [-0.3, -0.25) is 9.55 Å². The number of fused-ring (bicyclic) bond motifs is 1. The van der Waals surface area contributed by atoms with E-state index in [-0.39, 0.29) is 11.3 Å². The van der Waals surface area contributed by atoms with Crippen molar-refractivity contribution in [3.8, 4) is 23.2 Å². The molecule has 0 unspecified atom stereocenters. The first-order chi connectivity index (χ1) is 16.0. The minimum atomic E-state index is -4.74. The number of rotatable bonds is 6. The van der Waals surface area contributed by atoms with E-state index in [1.807, 2.05) is 18.2 Å². The van der Waals surface area contributed by atoms with Crippen LogP contribution >= 0.6 is 0 Å². The zero-order valence-electron chi connectivity index (χ0n) is 18.2. The third-order valence-electron chi connectivity index (χ3n) is 5.33. The first-order valence-electron chi connectivity index (χ1n) is 9.91. The Balaban J connectivity index is 1.88. The predicted octanol–water partition coefficient (Wildman–Crippen LogP) is 3.93. The topological polar surface area (TPSA) is 110 Å². The van der Waals surface area contributed by atoms with Crippen LogP contribution in [0.2, 0.25) is 0 Å². The molecular weight excluding hydrogens is 471 g/mol. The lowest BCUT2D eigenvalue weighted by molar-refractivity contribution is -0.147. The number of methoxy groups -OCH3 is 1. The Morgan fingerprint density at radius 2 is 1.94 bits per heavy atom. The first-order valence-corrected chi connectivity index (χ1v) is 11.4. The number of nitriles is 1. The third-order valence-corrected chi connectivity index (χ3v) is 6.84. The van der Waals surface area contributed by atoms with E-state index >= 15 is 0 Å². The maximum Gasteiger partial charge on any atom is 0.404 e. The summed E-state index contributed by atoms with van der Waals surface area (Å²) >= 11 is 0. The Bertz CT molecular complexity index is 1520. The third kappa shape index (κ3) is 3.93. The van der Waals surface area contributed by atoms with Gasteiger partial charge in [0.25, 0.3) is 0 Å². The van der Waals surface area contributed by atoms with Gasteiger partial charge in [0.1, 0.15) is 28.4 Å². The highest BCUT2D eigenvalue weighted by atomic mass is 32.2. The first kappa shape index (κ1) is 23.5. The van der Waals surface area contributed by atoms with E-state index < -0.39 is 27.1 Å². The molecule has 0 aliphatic heterocycles. The maximum atomic E-state index is 12.9. The van der Waals surface area contributed by atoms with Gasteiger partial charge >= 0.3 is 6.18 Å². The molecule has 34 heavy (non-hydrogen) atoms. The van der Waals surface area contributed by atoms with Crippen molar-refractivity contribution in [1.29, 1.82) is 5.26 Å². The summed E-state index contributed by atoms with van der Waals surface area (Å²) in [6, 6.07) is 2.77. The largest absolute Gasteiger partial charge is 0.495 e. The maximum absolute atomic E-state index is 12.9. The molecule has 0 radical (unpaired) electrons. The summed E-state index contributed by atoms with van der Waals surface area (Å²) in [4.78, 5) is 8.25. The SMILES string of the molecule is COc1cnc2c(c1)c(C#N)c(-c1ncc(S(=O)(=O)N[C@@H](C)C(F)(F)F)cc1C)n2C1=CC=C1. The van der Waals surface area contributed by atoms with Crippen molar-refractivity contribution in [2.45, 2.75) is 31.0 Å². The van der Waals surface area contributed by atoms with Crippen molar-refractivity contribution in [1.82, 2.24) is 19.3 Å². The molecule has 3 heterocycles. The molecule has 176 valence electrons. The van der Waals surface area contributed by atoms with Crippen LogP contribution in [0.1, 0.15) is 18.1 Å². The fourth-order valence-electron chi connectivity index (χ4n) is 3.49. The van der Waals surface area contributed by atoms with Gasteiger partial charge in [-0.15, -0.1) is 0 Å². The van der Waals surface area contributed by atoms with Crippen molar-refractivity contribution < 1.29 is 26.3 Å². The molecule has 0 spiro atoms. The lowest BCUT2D eigenvalue weighted by atomic mass is 10.1. The molecule has 0 amide bonds. The Morgan fingerprint density at radius 1 is 1.24 bits per heavy atom. The van der Waals surface area contributed by atoms with Crippen LogP contribution < -0.4 is 9.46 Å². The van der Waals surface area contributed by atoms with Crippen LogP contribution in [0.5, 0.6) is 5.75 Å². The highest BCUT2D eigenvalue weighted by Gasteiger charge is 2.39. The van der Waals surface area contributed by atoms with Gasteiger partial charge in [0.05, 0.1) is 30.3 Å². The fourth-order valence-corrected chi connectivity index (χ4v) is 4.75. The van der Waals surface area contributed by atoms with Crippen LogP contribution in [0.15, 0.2) is 47.6 Å². The Kier molecular flexibility index (Phi) is 5.71. The van der Waals surface area contributed by atoms with Gasteiger partial charge in [0.2, 0.25) is 10.0 Å². The second kappa shape index (κ2) is 8.27. The van der Waals surface area contributed by atoms with Crippen LogP contribution in [0.25, 0.3) is 28.1 Å². The van der Waals surface area contributed by atoms with E-state index in [0.717, 1.165) is 11.9 Å².